The minimum Gasteiger partial charge on any atom is -0.0895 e. The van der Waals surface area contributed by atoms with Crippen LogP contribution in [0.4, 0.5) is 0 Å². The molecule has 1 aliphatic heterocycles. The fourth-order valence-electron chi connectivity index (χ4n) is 3.90. The fourth-order valence-corrected chi connectivity index (χ4v) is 4.97. The molecule has 0 saturated heterocycles. The molecule has 0 spiro atoms. The monoisotopic (exact) mass is 364 g/mol. The Bertz CT molecular complexity index is 979. The van der Waals surface area contributed by atoms with Crippen molar-refractivity contribution in [1.82, 2.24) is 0 Å². The van der Waals surface area contributed by atoms with Crippen LogP contribution in [0.1, 0.15) is 22.3 Å². The minimum absolute atomic E-state index is 1.08. The second-order valence-electron chi connectivity index (χ2n) is 6.99. The van der Waals surface area contributed by atoms with Gasteiger partial charge in [-0.1, -0.05) is 96.7 Å². The van der Waals surface area contributed by atoms with Crippen molar-refractivity contribution in [2.45, 2.75) is 22.6 Å². The molecular formula is C26H20S. The molecule has 0 bridgehead atoms. The van der Waals surface area contributed by atoms with Crippen molar-refractivity contribution in [3.63, 3.8) is 0 Å². The molecule has 0 amide bonds. The zero-order valence-electron chi connectivity index (χ0n) is 15.1. The first-order chi connectivity index (χ1) is 13.4. The second kappa shape index (κ2) is 7.09. The average Bonchev–Trinajstić information content (AvgIpc) is 3.11. The van der Waals surface area contributed by atoms with E-state index in [0.29, 0.717) is 0 Å². The quantitative estimate of drug-likeness (QED) is 0.280. The Morgan fingerprint density at radius 3 is 1.30 bits per heavy atom. The van der Waals surface area contributed by atoms with Crippen molar-refractivity contribution < 1.29 is 0 Å². The van der Waals surface area contributed by atoms with Crippen LogP contribution in [0.2, 0.25) is 0 Å². The number of hydrogen-bond donors (Lipinski definition) is 0. The van der Waals surface area contributed by atoms with E-state index in [0.717, 1.165) is 12.8 Å². The van der Waals surface area contributed by atoms with E-state index in [1.54, 1.807) is 0 Å². The molecule has 0 radical (unpaired) electrons. The van der Waals surface area contributed by atoms with Gasteiger partial charge >= 0.3 is 0 Å². The molecule has 2 aliphatic rings. The molecule has 6 rings (SSSR count). The van der Waals surface area contributed by atoms with Gasteiger partial charge in [0.05, 0.1) is 0 Å². The van der Waals surface area contributed by atoms with E-state index in [1.807, 2.05) is 11.8 Å². The number of benzene rings is 4. The molecule has 1 aliphatic carbocycles. The largest absolute Gasteiger partial charge is 0.0895 e. The first kappa shape index (κ1) is 16.4. The number of fused-ring (bicyclic) bond motifs is 5. The van der Waals surface area contributed by atoms with E-state index in [4.69, 9.17) is 0 Å². The zero-order valence-corrected chi connectivity index (χ0v) is 15.9. The molecule has 0 unspecified atom stereocenters. The van der Waals surface area contributed by atoms with Crippen LogP contribution in [-0.4, -0.2) is 0 Å². The lowest BCUT2D eigenvalue weighted by Gasteiger charge is -2.17. The first-order valence-corrected chi connectivity index (χ1v) is 10.2. The van der Waals surface area contributed by atoms with Gasteiger partial charge in [0.2, 0.25) is 0 Å². The van der Waals surface area contributed by atoms with Crippen molar-refractivity contribution in [3.8, 4) is 11.1 Å². The molecular weight excluding hydrogens is 344 g/mol. The highest BCUT2D eigenvalue weighted by atomic mass is 32.2. The standard InChI is InChI=1S/C13H10S.C13H10/c1-3-7-12-10(5-1)9-11-6-2-4-8-13(11)14-12;1-3-7-12-10(5-1)9-11-6-2-4-8-13(11)12/h1-8H,9H2;1-8H,9H2. The van der Waals surface area contributed by atoms with E-state index in [9.17, 15) is 0 Å². The third kappa shape index (κ3) is 3.20. The molecule has 0 fully saturated rings. The predicted molar refractivity (Wildman–Crippen MR) is 114 cm³/mol. The minimum atomic E-state index is 1.08. The van der Waals surface area contributed by atoms with Crippen LogP contribution in [0.5, 0.6) is 0 Å². The lowest BCUT2D eigenvalue weighted by atomic mass is 10.0. The Kier molecular flexibility index (Phi) is 4.31. The number of hydrogen-bond acceptors (Lipinski definition) is 1. The van der Waals surface area contributed by atoms with Gasteiger partial charge in [-0.3, -0.25) is 0 Å². The normalized spacial score (nSPS) is 12.7. The van der Waals surface area contributed by atoms with Crippen molar-refractivity contribution in [2.75, 3.05) is 0 Å². The molecule has 1 heteroatoms. The highest BCUT2D eigenvalue weighted by molar-refractivity contribution is 7.99. The molecule has 27 heavy (non-hydrogen) atoms. The van der Waals surface area contributed by atoms with E-state index in [2.05, 4.69) is 97.1 Å². The van der Waals surface area contributed by atoms with Gasteiger partial charge in [0.15, 0.2) is 0 Å². The van der Waals surface area contributed by atoms with Gasteiger partial charge < -0.3 is 0 Å². The number of rotatable bonds is 0. The van der Waals surface area contributed by atoms with Crippen LogP contribution in [0.15, 0.2) is 107 Å². The molecule has 130 valence electrons. The third-order valence-corrected chi connectivity index (χ3v) is 6.49. The highest BCUT2D eigenvalue weighted by Crippen LogP contribution is 2.39. The lowest BCUT2D eigenvalue weighted by molar-refractivity contribution is 1.06. The smallest absolute Gasteiger partial charge is 0.0157 e. The van der Waals surface area contributed by atoms with Crippen LogP contribution in [-0.2, 0) is 12.8 Å². The van der Waals surface area contributed by atoms with E-state index >= 15 is 0 Å². The van der Waals surface area contributed by atoms with Crippen LogP contribution in [0, 0.1) is 0 Å². The Labute approximate surface area is 164 Å². The topological polar surface area (TPSA) is 0 Å². The van der Waals surface area contributed by atoms with Gasteiger partial charge in [-0.05, 0) is 58.4 Å². The highest BCUT2D eigenvalue weighted by Gasteiger charge is 2.16. The van der Waals surface area contributed by atoms with Crippen molar-refractivity contribution >= 4 is 11.8 Å². The van der Waals surface area contributed by atoms with Crippen molar-refractivity contribution in [1.29, 1.82) is 0 Å². The molecule has 0 N–H and O–H groups in total. The van der Waals surface area contributed by atoms with Crippen LogP contribution in [0.3, 0.4) is 0 Å². The first-order valence-electron chi connectivity index (χ1n) is 9.38. The Hall–Kier alpha value is -2.77. The van der Waals surface area contributed by atoms with Crippen LogP contribution >= 0.6 is 11.8 Å². The summed E-state index contributed by atoms with van der Waals surface area (Å²) in [5, 5.41) is 0. The van der Waals surface area contributed by atoms with E-state index in [1.165, 1.54) is 43.2 Å². The summed E-state index contributed by atoms with van der Waals surface area (Å²) in [5.74, 6) is 0. The molecule has 0 saturated carbocycles. The van der Waals surface area contributed by atoms with Gasteiger partial charge in [0.1, 0.15) is 0 Å². The third-order valence-electron chi connectivity index (χ3n) is 5.25. The van der Waals surface area contributed by atoms with Crippen LogP contribution < -0.4 is 0 Å². The van der Waals surface area contributed by atoms with Gasteiger partial charge in [-0.25, -0.2) is 0 Å². The van der Waals surface area contributed by atoms with E-state index in [-0.39, 0.29) is 0 Å². The SMILES string of the molecule is c1ccc2c(c1)Cc1ccccc1-2.c1ccc2c(c1)Cc1ccccc1S2. The summed E-state index contributed by atoms with van der Waals surface area (Å²) in [5.41, 5.74) is 8.66. The summed E-state index contributed by atoms with van der Waals surface area (Å²) in [6, 6.07) is 34.6. The van der Waals surface area contributed by atoms with Crippen molar-refractivity contribution in [2.24, 2.45) is 0 Å². The second-order valence-corrected chi connectivity index (χ2v) is 8.07. The van der Waals surface area contributed by atoms with Gasteiger partial charge in [-0.2, -0.15) is 0 Å². The maximum atomic E-state index is 2.22. The summed E-state index contributed by atoms with van der Waals surface area (Å²) in [7, 11) is 0. The maximum Gasteiger partial charge on any atom is 0.0157 e. The fraction of sp³-hybridized carbons (Fsp3) is 0.0769. The molecule has 0 atom stereocenters. The molecule has 4 aromatic carbocycles. The van der Waals surface area contributed by atoms with E-state index < -0.39 is 0 Å². The van der Waals surface area contributed by atoms with Crippen LogP contribution in [0.25, 0.3) is 11.1 Å². The molecule has 0 nitrogen and oxygen atoms in total. The van der Waals surface area contributed by atoms with Crippen molar-refractivity contribution in [3.05, 3.63) is 119 Å². The van der Waals surface area contributed by atoms with Gasteiger partial charge in [0.25, 0.3) is 0 Å². The van der Waals surface area contributed by atoms with Gasteiger partial charge in [0, 0.05) is 9.79 Å². The molecule has 4 aromatic rings. The Morgan fingerprint density at radius 2 is 0.778 bits per heavy atom. The maximum absolute atomic E-state index is 2.22. The lowest BCUT2D eigenvalue weighted by Crippen LogP contribution is -1.98. The summed E-state index contributed by atoms with van der Waals surface area (Å²) >= 11 is 1.88. The Balaban J connectivity index is 0.000000119. The summed E-state index contributed by atoms with van der Waals surface area (Å²) in [4.78, 5) is 2.82. The van der Waals surface area contributed by atoms with Gasteiger partial charge in [-0.15, -0.1) is 0 Å². The zero-order chi connectivity index (χ0) is 18.1. The molecule has 0 aromatic heterocycles. The average molecular weight is 365 g/mol. The summed E-state index contributed by atoms with van der Waals surface area (Å²) < 4.78 is 0. The predicted octanol–water partition coefficient (Wildman–Crippen LogP) is 7.00. The summed E-state index contributed by atoms with van der Waals surface area (Å²) in [6.45, 7) is 0. The summed E-state index contributed by atoms with van der Waals surface area (Å²) in [6.07, 6.45) is 2.19. The molecule has 1 heterocycles. The Morgan fingerprint density at radius 1 is 0.407 bits per heavy atom.